The third-order valence-electron chi connectivity index (χ3n) is 3.72. The number of nitrogens with zero attached hydrogens (tertiary/aromatic N) is 4. The van der Waals surface area contributed by atoms with Crippen LogP contribution in [0.2, 0.25) is 0 Å². The number of hydrogen-bond donors (Lipinski definition) is 0. The summed E-state index contributed by atoms with van der Waals surface area (Å²) in [5.41, 5.74) is 0. The second kappa shape index (κ2) is 4.53. The number of aromatic nitrogens is 3. The highest BCUT2D eigenvalue weighted by molar-refractivity contribution is 4.92. The molecule has 2 rings (SSSR count). The van der Waals surface area contributed by atoms with Gasteiger partial charge >= 0.3 is 0 Å². The average Bonchev–Trinajstić information content (AvgIpc) is 2.53. The van der Waals surface area contributed by atoms with E-state index < -0.39 is 0 Å². The lowest BCUT2D eigenvalue weighted by Crippen LogP contribution is -2.43. The molecular weight excluding hydrogens is 200 g/mol. The molecule has 1 aromatic rings. The minimum absolute atomic E-state index is 0.660. The fourth-order valence-electron chi connectivity index (χ4n) is 2.54. The highest BCUT2D eigenvalue weighted by atomic mass is 15.3. The van der Waals surface area contributed by atoms with Gasteiger partial charge < -0.3 is 0 Å². The zero-order chi connectivity index (χ0) is 11.7. The Labute approximate surface area is 97.7 Å². The van der Waals surface area contributed by atoms with Gasteiger partial charge in [-0.1, -0.05) is 6.42 Å². The van der Waals surface area contributed by atoms with Gasteiger partial charge in [0.05, 0.1) is 6.54 Å². The van der Waals surface area contributed by atoms with Crippen LogP contribution in [-0.2, 0) is 13.6 Å². The molecule has 16 heavy (non-hydrogen) atoms. The maximum absolute atomic E-state index is 4.48. The summed E-state index contributed by atoms with van der Waals surface area (Å²) >= 11 is 0. The van der Waals surface area contributed by atoms with Crippen LogP contribution in [0, 0.1) is 6.92 Å². The van der Waals surface area contributed by atoms with Crippen molar-refractivity contribution in [3.05, 3.63) is 11.6 Å². The van der Waals surface area contributed by atoms with E-state index in [4.69, 9.17) is 0 Å². The number of rotatable bonds is 2. The van der Waals surface area contributed by atoms with Gasteiger partial charge in [0.15, 0.2) is 5.82 Å². The van der Waals surface area contributed by atoms with Crippen LogP contribution >= 0.6 is 0 Å². The first-order valence-electron chi connectivity index (χ1n) is 6.20. The lowest BCUT2D eigenvalue weighted by molar-refractivity contribution is 0.0922. The van der Waals surface area contributed by atoms with Crippen molar-refractivity contribution < 1.29 is 0 Å². The molecule has 1 fully saturated rings. The molecule has 0 aliphatic carbocycles. The Morgan fingerprint density at radius 2 is 1.88 bits per heavy atom. The van der Waals surface area contributed by atoms with E-state index in [0.717, 1.165) is 18.2 Å². The lowest BCUT2D eigenvalue weighted by Gasteiger charge is -2.38. The maximum Gasteiger partial charge on any atom is 0.164 e. The molecule has 1 aliphatic rings. The number of likely N-dealkylation sites (tertiary alicyclic amines) is 1. The van der Waals surface area contributed by atoms with E-state index in [1.807, 2.05) is 18.7 Å². The van der Waals surface area contributed by atoms with Gasteiger partial charge in [0.25, 0.3) is 0 Å². The third kappa shape index (κ3) is 2.26. The van der Waals surface area contributed by atoms with Gasteiger partial charge in [-0.2, -0.15) is 5.10 Å². The molecule has 0 N–H and O–H groups in total. The smallest absolute Gasteiger partial charge is 0.164 e. The minimum Gasteiger partial charge on any atom is -0.290 e. The van der Waals surface area contributed by atoms with Crippen molar-refractivity contribution in [2.75, 3.05) is 0 Å². The van der Waals surface area contributed by atoms with Crippen molar-refractivity contribution >= 4 is 0 Å². The van der Waals surface area contributed by atoms with Crippen LogP contribution in [0.1, 0.15) is 44.8 Å². The van der Waals surface area contributed by atoms with E-state index in [9.17, 15) is 0 Å². The van der Waals surface area contributed by atoms with Crippen molar-refractivity contribution in [1.29, 1.82) is 0 Å². The van der Waals surface area contributed by atoms with Crippen molar-refractivity contribution in [2.45, 2.75) is 58.7 Å². The van der Waals surface area contributed by atoms with Crippen LogP contribution in [0.3, 0.4) is 0 Å². The molecule has 0 unspecified atom stereocenters. The summed E-state index contributed by atoms with van der Waals surface area (Å²) in [6.07, 6.45) is 3.96. The molecule has 4 heteroatoms. The summed E-state index contributed by atoms with van der Waals surface area (Å²) in [5, 5.41) is 4.44. The summed E-state index contributed by atoms with van der Waals surface area (Å²) in [6.45, 7) is 7.51. The van der Waals surface area contributed by atoms with Gasteiger partial charge in [-0.15, -0.1) is 0 Å². The first-order chi connectivity index (χ1) is 7.58. The van der Waals surface area contributed by atoms with Crippen molar-refractivity contribution in [2.24, 2.45) is 7.05 Å². The number of aryl methyl sites for hydroxylation is 2. The zero-order valence-electron chi connectivity index (χ0n) is 10.8. The molecule has 0 spiro atoms. The molecule has 1 saturated heterocycles. The van der Waals surface area contributed by atoms with E-state index >= 15 is 0 Å². The van der Waals surface area contributed by atoms with Crippen LogP contribution in [0.5, 0.6) is 0 Å². The summed E-state index contributed by atoms with van der Waals surface area (Å²) in [7, 11) is 1.95. The first kappa shape index (κ1) is 11.6. The monoisotopic (exact) mass is 222 g/mol. The van der Waals surface area contributed by atoms with Gasteiger partial charge in [-0.05, 0) is 33.6 Å². The molecule has 4 nitrogen and oxygen atoms in total. The highest BCUT2D eigenvalue weighted by Gasteiger charge is 2.25. The molecule has 0 bridgehead atoms. The van der Waals surface area contributed by atoms with Crippen molar-refractivity contribution in [3.8, 4) is 0 Å². The Kier molecular flexibility index (Phi) is 3.28. The molecule has 0 radical (unpaired) electrons. The molecule has 2 heterocycles. The lowest BCUT2D eigenvalue weighted by atomic mass is 9.98. The van der Waals surface area contributed by atoms with E-state index in [1.165, 1.54) is 19.3 Å². The predicted octanol–water partition coefficient (Wildman–Crippen LogP) is 1.89. The largest absolute Gasteiger partial charge is 0.290 e. The summed E-state index contributed by atoms with van der Waals surface area (Å²) in [5.74, 6) is 1.95. The Morgan fingerprint density at radius 3 is 2.38 bits per heavy atom. The van der Waals surface area contributed by atoms with Crippen LogP contribution in [0.4, 0.5) is 0 Å². The zero-order valence-corrected chi connectivity index (χ0v) is 10.8. The van der Waals surface area contributed by atoms with Gasteiger partial charge in [-0.25, -0.2) is 4.98 Å². The van der Waals surface area contributed by atoms with Crippen molar-refractivity contribution in [1.82, 2.24) is 19.7 Å². The Bertz CT molecular complexity index is 328. The van der Waals surface area contributed by atoms with E-state index in [1.54, 1.807) is 0 Å². The standard InChI is InChI=1S/C12H22N4/c1-9-6-5-7-10(2)16(9)8-12-13-11(3)15(4)14-12/h9-10H,5-8H2,1-4H3/t9-,10+. The minimum atomic E-state index is 0.660. The van der Waals surface area contributed by atoms with Gasteiger partial charge in [-0.3, -0.25) is 9.58 Å². The Balaban J connectivity index is 2.07. The molecule has 0 amide bonds. The van der Waals surface area contributed by atoms with Gasteiger partial charge in [0.1, 0.15) is 5.82 Å². The van der Waals surface area contributed by atoms with Crippen LogP contribution < -0.4 is 0 Å². The molecule has 0 aromatic carbocycles. The highest BCUT2D eigenvalue weighted by Crippen LogP contribution is 2.23. The Morgan fingerprint density at radius 1 is 1.25 bits per heavy atom. The maximum atomic E-state index is 4.48. The summed E-state index contributed by atoms with van der Waals surface area (Å²) in [4.78, 5) is 7.01. The van der Waals surface area contributed by atoms with Crippen LogP contribution in [0.25, 0.3) is 0 Å². The van der Waals surface area contributed by atoms with Gasteiger partial charge in [0, 0.05) is 19.1 Å². The first-order valence-corrected chi connectivity index (χ1v) is 6.20. The third-order valence-corrected chi connectivity index (χ3v) is 3.72. The molecule has 0 saturated carbocycles. The fourth-order valence-corrected chi connectivity index (χ4v) is 2.54. The SMILES string of the molecule is Cc1nc(CN2[C@H](C)CCC[C@@H]2C)nn1C. The quantitative estimate of drug-likeness (QED) is 0.766. The van der Waals surface area contributed by atoms with E-state index in [-0.39, 0.29) is 0 Å². The second-order valence-electron chi connectivity index (χ2n) is 5.00. The molecule has 2 atom stereocenters. The molecule has 1 aliphatic heterocycles. The predicted molar refractivity (Wildman–Crippen MR) is 64.1 cm³/mol. The normalized spacial score (nSPS) is 27.2. The number of piperidine rings is 1. The van der Waals surface area contributed by atoms with E-state index in [2.05, 4.69) is 28.8 Å². The molecular formula is C12H22N4. The summed E-state index contributed by atoms with van der Waals surface area (Å²) in [6, 6.07) is 1.32. The molecule has 1 aromatic heterocycles. The Hall–Kier alpha value is -0.900. The summed E-state index contributed by atoms with van der Waals surface area (Å²) < 4.78 is 1.86. The van der Waals surface area contributed by atoms with Crippen LogP contribution in [0.15, 0.2) is 0 Å². The second-order valence-corrected chi connectivity index (χ2v) is 5.00. The van der Waals surface area contributed by atoms with Crippen molar-refractivity contribution in [3.63, 3.8) is 0 Å². The molecule has 90 valence electrons. The van der Waals surface area contributed by atoms with Crippen LogP contribution in [-0.4, -0.2) is 31.7 Å². The fraction of sp³-hybridized carbons (Fsp3) is 0.833. The van der Waals surface area contributed by atoms with E-state index in [0.29, 0.717) is 12.1 Å². The number of hydrogen-bond acceptors (Lipinski definition) is 3. The van der Waals surface area contributed by atoms with Gasteiger partial charge in [0.2, 0.25) is 0 Å². The topological polar surface area (TPSA) is 34.0 Å². The average molecular weight is 222 g/mol.